The zero-order chi connectivity index (χ0) is 20.0. The molecule has 146 valence electrons. The lowest BCUT2D eigenvalue weighted by Gasteiger charge is -2.35. The van der Waals surface area contributed by atoms with Crippen LogP contribution in [-0.2, 0) is 6.54 Å². The predicted octanol–water partition coefficient (Wildman–Crippen LogP) is 3.81. The van der Waals surface area contributed by atoms with E-state index >= 15 is 0 Å². The highest BCUT2D eigenvalue weighted by molar-refractivity contribution is 6.22. The summed E-state index contributed by atoms with van der Waals surface area (Å²) < 4.78 is 0. The maximum Gasteiger partial charge on any atom is 0.265 e. The van der Waals surface area contributed by atoms with Gasteiger partial charge in [0.15, 0.2) is 0 Å². The molecule has 5 rings (SSSR count). The van der Waals surface area contributed by atoms with Crippen molar-refractivity contribution in [2.75, 3.05) is 13.1 Å². The smallest absolute Gasteiger partial charge is 0.265 e. The first-order valence-corrected chi connectivity index (χ1v) is 10.0. The van der Waals surface area contributed by atoms with E-state index in [1.165, 1.54) is 27.3 Å². The summed E-state index contributed by atoms with van der Waals surface area (Å²) in [6.07, 6.45) is 1.50. The molecule has 5 nitrogen and oxygen atoms in total. The average Bonchev–Trinajstić information content (AvgIpc) is 3.00. The number of phenols is 1. The Hall–Kier alpha value is -3.18. The molecule has 0 bridgehead atoms. The number of carbonyl (C=O) groups is 2. The fraction of sp³-hybridized carbons (Fsp3) is 0.250. The average molecular weight is 386 g/mol. The van der Waals surface area contributed by atoms with Gasteiger partial charge in [0, 0.05) is 25.7 Å². The molecule has 2 aliphatic rings. The minimum Gasteiger partial charge on any atom is -0.507 e. The topological polar surface area (TPSA) is 60.9 Å². The molecular weight excluding hydrogens is 364 g/mol. The highest BCUT2D eigenvalue weighted by atomic mass is 16.3. The predicted molar refractivity (Wildman–Crippen MR) is 111 cm³/mol. The summed E-state index contributed by atoms with van der Waals surface area (Å²) >= 11 is 0. The molecule has 1 fully saturated rings. The first kappa shape index (κ1) is 17.9. The number of hydrogen-bond acceptors (Lipinski definition) is 4. The molecule has 2 heterocycles. The van der Waals surface area contributed by atoms with Crippen molar-refractivity contribution in [3.63, 3.8) is 0 Å². The van der Waals surface area contributed by atoms with Crippen LogP contribution in [0.15, 0.2) is 60.7 Å². The Morgan fingerprint density at radius 3 is 2.38 bits per heavy atom. The third kappa shape index (κ3) is 3.08. The lowest BCUT2D eigenvalue weighted by molar-refractivity contribution is 0.0497. The minimum atomic E-state index is -0.365. The third-order valence-electron chi connectivity index (χ3n) is 6.07. The van der Waals surface area contributed by atoms with E-state index < -0.39 is 0 Å². The maximum absolute atomic E-state index is 12.8. The Balaban J connectivity index is 1.26. The van der Waals surface area contributed by atoms with Gasteiger partial charge in [-0.1, -0.05) is 42.5 Å². The number of hydrogen-bond donors (Lipinski definition) is 1. The molecule has 1 saturated heterocycles. The van der Waals surface area contributed by atoms with Crippen LogP contribution in [-0.4, -0.2) is 45.9 Å². The van der Waals surface area contributed by atoms with E-state index in [0.29, 0.717) is 5.56 Å². The number of aromatic hydroxyl groups is 1. The molecule has 3 aromatic carbocycles. The van der Waals surface area contributed by atoms with E-state index in [4.69, 9.17) is 0 Å². The van der Waals surface area contributed by atoms with Gasteiger partial charge < -0.3 is 5.11 Å². The second-order valence-corrected chi connectivity index (χ2v) is 7.87. The van der Waals surface area contributed by atoms with E-state index in [9.17, 15) is 14.7 Å². The molecule has 3 aromatic rings. The second kappa shape index (κ2) is 7.01. The Morgan fingerprint density at radius 2 is 1.62 bits per heavy atom. The molecule has 0 saturated carbocycles. The molecule has 2 amide bonds. The summed E-state index contributed by atoms with van der Waals surface area (Å²) in [7, 11) is 0. The SMILES string of the molecule is O=C1c2cccc(O)c2C(=O)N1C1CCN(Cc2ccc3ccccc3c2)CC1. The Kier molecular flexibility index (Phi) is 4.32. The summed E-state index contributed by atoms with van der Waals surface area (Å²) in [6, 6.07) is 19.5. The molecule has 1 N–H and O–H groups in total. The van der Waals surface area contributed by atoms with Gasteiger partial charge in [0.2, 0.25) is 0 Å². The molecule has 0 aliphatic carbocycles. The number of piperidine rings is 1. The number of carbonyl (C=O) groups excluding carboxylic acids is 2. The summed E-state index contributed by atoms with van der Waals surface area (Å²) in [5.41, 5.74) is 1.73. The van der Waals surface area contributed by atoms with Gasteiger partial charge in [-0.15, -0.1) is 0 Å². The number of phenolic OH excluding ortho intramolecular Hbond substituents is 1. The van der Waals surface area contributed by atoms with Crippen LogP contribution in [0.3, 0.4) is 0 Å². The quantitative estimate of drug-likeness (QED) is 0.696. The lowest BCUT2D eigenvalue weighted by Crippen LogP contribution is -2.47. The fourth-order valence-electron chi connectivity index (χ4n) is 4.55. The number of rotatable bonds is 3. The molecular formula is C24H22N2O3. The van der Waals surface area contributed by atoms with Gasteiger partial charge in [-0.3, -0.25) is 19.4 Å². The van der Waals surface area contributed by atoms with Crippen LogP contribution in [0.1, 0.15) is 39.1 Å². The van der Waals surface area contributed by atoms with Gasteiger partial charge in [-0.25, -0.2) is 0 Å². The first-order chi connectivity index (χ1) is 14.1. The van der Waals surface area contributed by atoms with Crippen molar-refractivity contribution in [2.24, 2.45) is 0 Å². The standard InChI is InChI=1S/C24H22N2O3/c27-21-7-3-6-20-22(21)24(29)26(23(20)28)19-10-12-25(13-11-19)15-16-8-9-17-4-1-2-5-18(17)14-16/h1-9,14,19,27H,10-13,15H2. The largest absolute Gasteiger partial charge is 0.507 e. The summed E-state index contributed by atoms with van der Waals surface area (Å²) in [5, 5.41) is 12.5. The first-order valence-electron chi connectivity index (χ1n) is 10.0. The van der Waals surface area contributed by atoms with Crippen molar-refractivity contribution < 1.29 is 14.7 Å². The van der Waals surface area contributed by atoms with E-state index in [2.05, 4.69) is 41.3 Å². The number of amides is 2. The molecule has 0 atom stereocenters. The Morgan fingerprint density at radius 1 is 0.862 bits per heavy atom. The number of likely N-dealkylation sites (tertiary alicyclic amines) is 1. The maximum atomic E-state index is 12.8. The summed E-state index contributed by atoms with van der Waals surface area (Å²) in [4.78, 5) is 29.2. The van der Waals surface area contributed by atoms with Gasteiger partial charge in [-0.05, 0) is 47.4 Å². The molecule has 5 heteroatoms. The van der Waals surface area contributed by atoms with Crippen LogP contribution >= 0.6 is 0 Å². The summed E-state index contributed by atoms with van der Waals surface area (Å²) in [5.74, 6) is -0.762. The molecule has 2 aliphatic heterocycles. The van der Waals surface area contributed by atoms with Crippen molar-refractivity contribution >= 4 is 22.6 Å². The van der Waals surface area contributed by atoms with Crippen molar-refractivity contribution in [2.45, 2.75) is 25.4 Å². The highest BCUT2D eigenvalue weighted by Crippen LogP contribution is 2.33. The molecule has 0 unspecified atom stereocenters. The van der Waals surface area contributed by atoms with E-state index in [-0.39, 0.29) is 29.2 Å². The van der Waals surface area contributed by atoms with Crippen LogP contribution < -0.4 is 0 Å². The van der Waals surface area contributed by atoms with Crippen molar-refractivity contribution in [3.8, 4) is 5.75 Å². The number of imide groups is 1. The molecule has 0 spiro atoms. The Bertz CT molecular complexity index is 1120. The number of fused-ring (bicyclic) bond motifs is 2. The normalized spacial score (nSPS) is 17.9. The Labute approximate surface area is 169 Å². The summed E-state index contributed by atoms with van der Waals surface area (Å²) in [6.45, 7) is 2.52. The van der Waals surface area contributed by atoms with Crippen LogP contribution in [0.25, 0.3) is 10.8 Å². The minimum absolute atomic E-state index is 0.114. The van der Waals surface area contributed by atoms with Gasteiger partial charge in [0.05, 0.1) is 11.1 Å². The van der Waals surface area contributed by atoms with E-state index in [1.807, 2.05) is 6.07 Å². The molecule has 29 heavy (non-hydrogen) atoms. The lowest BCUT2D eigenvalue weighted by atomic mass is 10.0. The number of nitrogens with zero attached hydrogens (tertiary/aromatic N) is 2. The van der Waals surface area contributed by atoms with E-state index in [0.717, 1.165) is 32.5 Å². The zero-order valence-corrected chi connectivity index (χ0v) is 16.0. The van der Waals surface area contributed by atoms with Crippen molar-refractivity contribution in [3.05, 3.63) is 77.4 Å². The van der Waals surface area contributed by atoms with Crippen LogP contribution in [0.2, 0.25) is 0 Å². The molecule has 0 aromatic heterocycles. The van der Waals surface area contributed by atoms with Gasteiger partial charge in [-0.2, -0.15) is 0 Å². The van der Waals surface area contributed by atoms with Gasteiger partial charge in [0.1, 0.15) is 5.75 Å². The van der Waals surface area contributed by atoms with Crippen molar-refractivity contribution in [1.82, 2.24) is 9.80 Å². The van der Waals surface area contributed by atoms with Gasteiger partial charge in [0.25, 0.3) is 11.8 Å². The third-order valence-corrected chi connectivity index (χ3v) is 6.07. The van der Waals surface area contributed by atoms with Crippen LogP contribution in [0.5, 0.6) is 5.75 Å². The van der Waals surface area contributed by atoms with Gasteiger partial charge >= 0.3 is 0 Å². The van der Waals surface area contributed by atoms with Crippen LogP contribution in [0, 0.1) is 0 Å². The van der Waals surface area contributed by atoms with Crippen molar-refractivity contribution in [1.29, 1.82) is 0 Å². The second-order valence-electron chi connectivity index (χ2n) is 7.87. The number of benzene rings is 3. The molecule has 0 radical (unpaired) electrons. The monoisotopic (exact) mass is 386 g/mol. The highest BCUT2D eigenvalue weighted by Gasteiger charge is 2.42. The zero-order valence-electron chi connectivity index (χ0n) is 16.0. The van der Waals surface area contributed by atoms with E-state index in [1.54, 1.807) is 12.1 Å². The fourth-order valence-corrected chi connectivity index (χ4v) is 4.55. The van der Waals surface area contributed by atoms with Crippen LogP contribution in [0.4, 0.5) is 0 Å².